The second kappa shape index (κ2) is 7.82. The Kier molecular flexibility index (Phi) is 5.54. The Morgan fingerprint density at radius 2 is 1.83 bits per heavy atom. The van der Waals surface area contributed by atoms with Crippen molar-refractivity contribution in [2.75, 3.05) is 13.1 Å². The van der Waals surface area contributed by atoms with Crippen LogP contribution in [0.5, 0.6) is 0 Å². The lowest BCUT2D eigenvalue weighted by molar-refractivity contribution is -0.135. The van der Waals surface area contributed by atoms with Crippen LogP contribution >= 0.6 is 0 Å². The summed E-state index contributed by atoms with van der Waals surface area (Å²) >= 11 is 0. The summed E-state index contributed by atoms with van der Waals surface area (Å²) in [6.07, 6.45) is 7.22. The van der Waals surface area contributed by atoms with Crippen LogP contribution in [-0.4, -0.2) is 40.7 Å². The van der Waals surface area contributed by atoms with E-state index in [0.717, 1.165) is 25.8 Å². The first-order valence-corrected chi connectivity index (χ1v) is 9.27. The van der Waals surface area contributed by atoms with E-state index in [1.165, 1.54) is 30.4 Å². The van der Waals surface area contributed by atoms with Crippen LogP contribution in [0.25, 0.3) is 0 Å². The predicted octanol–water partition coefficient (Wildman–Crippen LogP) is 3.14. The molecule has 0 radical (unpaired) electrons. The summed E-state index contributed by atoms with van der Waals surface area (Å²) in [5.41, 5.74) is 2.61. The van der Waals surface area contributed by atoms with Gasteiger partial charge in [-0.15, -0.1) is 0 Å². The van der Waals surface area contributed by atoms with E-state index in [-0.39, 0.29) is 11.8 Å². The molecule has 0 bridgehead atoms. The van der Waals surface area contributed by atoms with E-state index in [1.54, 1.807) is 6.92 Å². The molecule has 4 heteroatoms. The maximum absolute atomic E-state index is 12.6. The van der Waals surface area contributed by atoms with E-state index in [2.05, 4.69) is 18.2 Å². The number of carbonyl (C=O) groups excluding carboxylic acids is 2. The van der Waals surface area contributed by atoms with Crippen molar-refractivity contribution in [1.82, 2.24) is 9.80 Å². The summed E-state index contributed by atoms with van der Waals surface area (Å²) in [6, 6.07) is 8.70. The van der Waals surface area contributed by atoms with Gasteiger partial charge >= 0.3 is 0 Å². The smallest absolute Gasteiger partial charge is 0.224 e. The highest BCUT2D eigenvalue weighted by Crippen LogP contribution is 2.23. The zero-order chi connectivity index (χ0) is 16.9. The molecule has 0 atom stereocenters. The quantitative estimate of drug-likeness (QED) is 0.852. The maximum atomic E-state index is 12.6. The van der Waals surface area contributed by atoms with Gasteiger partial charge in [0.1, 0.15) is 0 Å². The standard InChI is InChI=1S/C20H28N2O2/c1-16(23)22(19-9-3-2-4-10-19)14-12-20(24)21-13-11-17-7-5-6-8-18(17)15-21/h5-8,19H,2-4,9-15H2,1H3. The van der Waals surface area contributed by atoms with Crippen LogP contribution in [0.3, 0.4) is 0 Å². The maximum Gasteiger partial charge on any atom is 0.224 e. The lowest BCUT2D eigenvalue weighted by atomic mass is 9.94. The molecule has 0 aromatic heterocycles. The Hall–Kier alpha value is -1.84. The molecule has 2 amide bonds. The predicted molar refractivity (Wildman–Crippen MR) is 94.4 cm³/mol. The SMILES string of the molecule is CC(=O)N(CCC(=O)N1CCc2ccccc2C1)C1CCCCC1. The molecule has 1 fully saturated rings. The Labute approximate surface area is 144 Å². The molecule has 0 N–H and O–H groups in total. The highest BCUT2D eigenvalue weighted by Gasteiger charge is 2.25. The fraction of sp³-hybridized carbons (Fsp3) is 0.600. The van der Waals surface area contributed by atoms with E-state index in [0.29, 0.717) is 25.6 Å². The summed E-state index contributed by atoms with van der Waals surface area (Å²) in [4.78, 5) is 28.5. The van der Waals surface area contributed by atoms with Crippen molar-refractivity contribution < 1.29 is 9.59 Å². The molecular formula is C20H28N2O2. The third-order valence-electron chi connectivity index (χ3n) is 5.47. The summed E-state index contributed by atoms with van der Waals surface area (Å²) < 4.78 is 0. The number of rotatable bonds is 4. The third kappa shape index (κ3) is 3.97. The molecule has 3 rings (SSSR count). The molecule has 2 aliphatic rings. The minimum atomic E-state index is 0.110. The number of fused-ring (bicyclic) bond motifs is 1. The van der Waals surface area contributed by atoms with Crippen molar-refractivity contribution in [3.8, 4) is 0 Å². The van der Waals surface area contributed by atoms with Gasteiger partial charge in [-0.25, -0.2) is 0 Å². The zero-order valence-corrected chi connectivity index (χ0v) is 14.7. The molecule has 24 heavy (non-hydrogen) atoms. The molecular weight excluding hydrogens is 300 g/mol. The number of hydrogen-bond donors (Lipinski definition) is 0. The van der Waals surface area contributed by atoms with E-state index >= 15 is 0 Å². The van der Waals surface area contributed by atoms with Crippen LogP contribution in [0.4, 0.5) is 0 Å². The summed E-state index contributed by atoms with van der Waals surface area (Å²) in [6.45, 7) is 3.70. The van der Waals surface area contributed by atoms with Gasteiger partial charge in [-0.05, 0) is 30.4 Å². The largest absolute Gasteiger partial charge is 0.339 e. The molecule has 0 saturated heterocycles. The zero-order valence-electron chi connectivity index (χ0n) is 14.7. The van der Waals surface area contributed by atoms with Crippen LogP contribution in [0, 0.1) is 0 Å². The molecule has 1 heterocycles. The first-order valence-electron chi connectivity index (χ1n) is 9.27. The number of amides is 2. The normalized spacial score (nSPS) is 18.1. The van der Waals surface area contributed by atoms with Gasteiger partial charge in [0, 0.05) is 39.0 Å². The van der Waals surface area contributed by atoms with Crippen LogP contribution in [0.15, 0.2) is 24.3 Å². The Morgan fingerprint density at radius 3 is 2.54 bits per heavy atom. The summed E-state index contributed by atoms with van der Waals surface area (Å²) in [5.74, 6) is 0.283. The number of carbonyl (C=O) groups is 2. The molecule has 0 spiro atoms. The van der Waals surface area contributed by atoms with Crippen molar-refractivity contribution in [1.29, 1.82) is 0 Å². The van der Waals surface area contributed by atoms with Crippen LogP contribution < -0.4 is 0 Å². The lowest BCUT2D eigenvalue weighted by Gasteiger charge is -2.34. The summed E-state index contributed by atoms with van der Waals surface area (Å²) in [7, 11) is 0. The topological polar surface area (TPSA) is 40.6 Å². The van der Waals surface area contributed by atoms with Crippen LogP contribution in [0.2, 0.25) is 0 Å². The Balaban J connectivity index is 1.55. The Bertz CT molecular complexity index is 593. The second-order valence-corrected chi connectivity index (χ2v) is 7.09. The molecule has 1 aromatic carbocycles. The molecule has 1 aromatic rings. The van der Waals surface area contributed by atoms with Gasteiger partial charge in [0.25, 0.3) is 0 Å². The van der Waals surface area contributed by atoms with Crippen molar-refractivity contribution in [2.45, 2.75) is 64.5 Å². The number of benzene rings is 1. The van der Waals surface area contributed by atoms with Gasteiger partial charge in [0.15, 0.2) is 0 Å². The minimum absolute atomic E-state index is 0.110. The second-order valence-electron chi connectivity index (χ2n) is 7.09. The average Bonchev–Trinajstić information content (AvgIpc) is 2.62. The minimum Gasteiger partial charge on any atom is -0.339 e. The first-order chi connectivity index (χ1) is 11.6. The third-order valence-corrected chi connectivity index (χ3v) is 5.47. The number of nitrogens with zero attached hydrogens (tertiary/aromatic N) is 2. The van der Waals surface area contributed by atoms with Gasteiger partial charge in [-0.1, -0.05) is 43.5 Å². The lowest BCUT2D eigenvalue weighted by Crippen LogP contribution is -2.43. The van der Waals surface area contributed by atoms with Crippen LogP contribution in [-0.2, 0) is 22.6 Å². The highest BCUT2D eigenvalue weighted by atomic mass is 16.2. The molecule has 1 saturated carbocycles. The van der Waals surface area contributed by atoms with Gasteiger partial charge in [-0.3, -0.25) is 9.59 Å². The number of hydrogen-bond acceptors (Lipinski definition) is 2. The first kappa shape index (κ1) is 17.0. The highest BCUT2D eigenvalue weighted by molar-refractivity contribution is 5.78. The van der Waals surface area contributed by atoms with Crippen LogP contribution in [0.1, 0.15) is 56.6 Å². The molecule has 4 nitrogen and oxygen atoms in total. The van der Waals surface area contributed by atoms with Gasteiger partial charge in [0.05, 0.1) is 0 Å². The fourth-order valence-corrected chi connectivity index (χ4v) is 4.07. The van der Waals surface area contributed by atoms with Crippen molar-refractivity contribution in [3.05, 3.63) is 35.4 Å². The summed E-state index contributed by atoms with van der Waals surface area (Å²) in [5, 5.41) is 0. The fourth-order valence-electron chi connectivity index (χ4n) is 4.07. The Morgan fingerprint density at radius 1 is 1.12 bits per heavy atom. The van der Waals surface area contributed by atoms with Crippen molar-refractivity contribution >= 4 is 11.8 Å². The monoisotopic (exact) mass is 328 g/mol. The van der Waals surface area contributed by atoms with E-state index in [9.17, 15) is 9.59 Å². The van der Waals surface area contributed by atoms with Gasteiger partial charge in [0.2, 0.25) is 11.8 Å². The van der Waals surface area contributed by atoms with E-state index < -0.39 is 0 Å². The van der Waals surface area contributed by atoms with E-state index in [4.69, 9.17) is 0 Å². The molecule has 1 aliphatic heterocycles. The van der Waals surface area contributed by atoms with E-state index in [1.807, 2.05) is 15.9 Å². The van der Waals surface area contributed by atoms with Crippen molar-refractivity contribution in [2.24, 2.45) is 0 Å². The van der Waals surface area contributed by atoms with Gasteiger partial charge in [-0.2, -0.15) is 0 Å². The average molecular weight is 328 g/mol. The van der Waals surface area contributed by atoms with Gasteiger partial charge < -0.3 is 9.80 Å². The molecule has 0 unspecified atom stereocenters. The molecule has 1 aliphatic carbocycles. The molecule has 130 valence electrons. The van der Waals surface area contributed by atoms with Crippen molar-refractivity contribution in [3.63, 3.8) is 0 Å².